The summed E-state index contributed by atoms with van der Waals surface area (Å²) < 4.78 is 1.64. The molecule has 52 valence electrons. The van der Waals surface area contributed by atoms with E-state index in [0.29, 0.717) is 0 Å². The molecule has 1 nitrogen and oxygen atoms in total. The van der Waals surface area contributed by atoms with E-state index in [1.165, 1.54) is 0 Å². The fourth-order valence-electron chi connectivity index (χ4n) is 0.575. The Morgan fingerprint density at radius 1 is 1.40 bits per heavy atom. The molecule has 1 aromatic rings. The molecule has 0 saturated carbocycles. The van der Waals surface area contributed by atoms with Gasteiger partial charge in [0.15, 0.2) is 0 Å². The molecule has 0 N–H and O–H groups in total. The molecule has 0 bridgehead atoms. The van der Waals surface area contributed by atoms with Crippen LogP contribution in [0.1, 0.15) is 5.56 Å². The van der Waals surface area contributed by atoms with Crippen molar-refractivity contribution in [2.45, 2.75) is 0 Å². The first-order valence-corrected chi connectivity index (χ1v) is 4.27. The van der Waals surface area contributed by atoms with E-state index in [-0.39, 0.29) is 0 Å². The maximum Gasteiger partial charge on any atom is 0.114 e. The van der Waals surface area contributed by atoms with E-state index >= 15 is 0 Å². The van der Waals surface area contributed by atoms with E-state index in [0.717, 1.165) is 14.8 Å². The van der Waals surface area contributed by atoms with Crippen molar-refractivity contribution in [1.82, 2.24) is 4.98 Å². The summed E-state index contributed by atoms with van der Waals surface area (Å²) in [5.74, 6) is 0. The highest BCUT2D eigenvalue weighted by molar-refractivity contribution is 9.11. The van der Waals surface area contributed by atoms with Gasteiger partial charge in [-0.1, -0.05) is 12.7 Å². The van der Waals surface area contributed by atoms with E-state index in [9.17, 15) is 0 Å². The summed E-state index contributed by atoms with van der Waals surface area (Å²) in [5, 5.41) is 0. The van der Waals surface area contributed by atoms with E-state index in [1.807, 2.05) is 12.1 Å². The fraction of sp³-hybridized carbons (Fsp3) is 0. The lowest BCUT2D eigenvalue weighted by Crippen LogP contribution is -1.80. The molecule has 1 aromatic heterocycles. The quantitative estimate of drug-likeness (QED) is 0.708. The number of hydrogen-bond donors (Lipinski definition) is 0. The highest BCUT2D eigenvalue weighted by Crippen LogP contribution is 2.17. The number of pyridine rings is 1. The van der Waals surface area contributed by atoms with Gasteiger partial charge in [0.25, 0.3) is 0 Å². The molecule has 1 heterocycles. The molecule has 3 heteroatoms. The summed E-state index contributed by atoms with van der Waals surface area (Å²) in [6, 6.07) is 3.82. The first-order chi connectivity index (χ1) is 4.74. The van der Waals surface area contributed by atoms with Crippen LogP contribution in [0.15, 0.2) is 27.9 Å². The van der Waals surface area contributed by atoms with Gasteiger partial charge in [-0.3, -0.25) is 0 Å². The predicted octanol–water partition coefficient (Wildman–Crippen LogP) is 3.25. The van der Waals surface area contributed by atoms with Crippen LogP contribution in [-0.2, 0) is 0 Å². The monoisotopic (exact) mass is 261 g/mol. The third-order valence-corrected chi connectivity index (χ3v) is 2.14. The summed E-state index contributed by atoms with van der Waals surface area (Å²) in [5.41, 5.74) is 1.00. The maximum absolute atomic E-state index is 4.11. The summed E-state index contributed by atoms with van der Waals surface area (Å²) in [6.45, 7) is 3.64. The van der Waals surface area contributed by atoms with Crippen LogP contribution in [0.4, 0.5) is 0 Å². The topological polar surface area (TPSA) is 12.9 Å². The van der Waals surface area contributed by atoms with Crippen molar-refractivity contribution in [3.63, 3.8) is 0 Å². The molecular formula is C7H5Br2N. The van der Waals surface area contributed by atoms with Crippen molar-refractivity contribution >= 4 is 37.9 Å². The van der Waals surface area contributed by atoms with Crippen molar-refractivity contribution in [3.8, 4) is 0 Å². The van der Waals surface area contributed by atoms with Gasteiger partial charge in [-0.25, -0.2) is 4.98 Å². The second-order valence-electron chi connectivity index (χ2n) is 1.72. The Morgan fingerprint density at radius 2 is 2.10 bits per heavy atom. The first kappa shape index (κ1) is 7.95. The van der Waals surface area contributed by atoms with Crippen LogP contribution in [0.25, 0.3) is 6.08 Å². The Morgan fingerprint density at radius 3 is 2.60 bits per heavy atom. The van der Waals surface area contributed by atoms with Gasteiger partial charge in [-0.15, -0.1) is 0 Å². The molecule has 0 fully saturated rings. The molecule has 1 rings (SSSR count). The highest BCUT2D eigenvalue weighted by atomic mass is 79.9. The Labute approximate surface area is 76.4 Å². The number of rotatable bonds is 1. The average molecular weight is 263 g/mol. The molecule has 0 aliphatic heterocycles. The van der Waals surface area contributed by atoms with Gasteiger partial charge in [0, 0.05) is 5.56 Å². The minimum absolute atomic E-state index is 0.817. The molecule has 0 radical (unpaired) electrons. The van der Waals surface area contributed by atoms with Gasteiger partial charge in [0.2, 0.25) is 0 Å². The van der Waals surface area contributed by atoms with Crippen molar-refractivity contribution in [2.24, 2.45) is 0 Å². The van der Waals surface area contributed by atoms with Crippen LogP contribution in [0.3, 0.4) is 0 Å². The van der Waals surface area contributed by atoms with E-state index < -0.39 is 0 Å². The lowest BCUT2D eigenvalue weighted by Gasteiger charge is -1.95. The molecule has 0 spiro atoms. The van der Waals surface area contributed by atoms with Gasteiger partial charge < -0.3 is 0 Å². The van der Waals surface area contributed by atoms with Crippen LogP contribution >= 0.6 is 31.9 Å². The zero-order valence-corrected chi connectivity index (χ0v) is 8.31. The number of halogens is 2. The molecule has 0 unspecified atom stereocenters. The van der Waals surface area contributed by atoms with Gasteiger partial charge in [-0.05, 0) is 44.0 Å². The van der Waals surface area contributed by atoms with Crippen molar-refractivity contribution in [2.75, 3.05) is 0 Å². The van der Waals surface area contributed by atoms with Crippen molar-refractivity contribution in [3.05, 3.63) is 33.5 Å². The number of nitrogens with zero attached hydrogens (tertiary/aromatic N) is 1. The van der Waals surface area contributed by atoms with Gasteiger partial charge >= 0.3 is 0 Å². The lowest BCUT2D eigenvalue weighted by molar-refractivity contribution is 1.22. The molecule has 0 amide bonds. The molecule has 0 atom stereocenters. The second kappa shape index (κ2) is 3.30. The molecular weight excluding hydrogens is 258 g/mol. The maximum atomic E-state index is 4.11. The molecule has 0 aliphatic rings. The van der Waals surface area contributed by atoms with Gasteiger partial charge in [-0.2, -0.15) is 0 Å². The first-order valence-electron chi connectivity index (χ1n) is 2.68. The smallest absolute Gasteiger partial charge is 0.114 e. The third-order valence-electron chi connectivity index (χ3n) is 1.06. The minimum atomic E-state index is 0.817. The summed E-state index contributed by atoms with van der Waals surface area (Å²) >= 11 is 6.54. The average Bonchev–Trinajstić information content (AvgIpc) is 1.88. The Hall–Kier alpha value is -0.150. The lowest BCUT2D eigenvalue weighted by atomic mass is 10.3. The predicted molar refractivity (Wildman–Crippen MR) is 49.7 cm³/mol. The number of hydrogen-bond acceptors (Lipinski definition) is 1. The summed E-state index contributed by atoms with van der Waals surface area (Å²) in [6.07, 6.45) is 1.75. The zero-order chi connectivity index (χ0) is 7.56. The van der Waals surface area contributed by atoms with E-state index in [2.05, 4.69) is 43.4 Å². The van der Waals surface area contributed by atoms with Crippen LogP contribution in [-0.4, -0.2) is 4.98 Å². The third kappa shape index (κ3) is 1.67. The largest absolute Gasteiger partial charge is 0.233 e. The Kier molecular flexibility index (Phi) is 2.63. The van der Waals surface area contributed by atoms with Gasteiger partial charge in [0.1, 0.15) is 9.21 Å². The Balaban J connectivity index is 3.19. The molecule has 10 heavy (non-hydrogen) atoms. The highest BCUT2D eigenvalue weighted by Gasteiger charge is 1.95. The minimum Gasteiger partial charge on any atom is -0.233 e. The molecule has 0 aliphatic carbocycles. The zero-order valence-electron chi connectivity index (χ0n) is 5.14. The SMILES string of the molecule is C=Cc1ccc(Br)nc1Br. The van der Waals surface area contributed by atoms with Crippen LogP contribution in [0, 0.1) is 0 Å². The van der Waals surface area contributed by atoms with Crippen molar-refractivity contribution in [1.29, 1.82) is 0 Å². The Bertz CT molecular complexity index is 258. The van der Waals surface area contributed by atoms with Crippen molar-refractivity contribution < 1.29 is 0 Å². The van der Waals surface area contributed by atoms with E-state index in [1.54, 1.807) is 6.08 Å². The molecule has 0 aromatic carbocycles. The normalized spacial score (nSPS) is 9.40. The molecule has 0 saturated heterocycles. The van der Waals surface area contributed by atoms with E-state index in [4.69, 9.17) is 0 Å². The van der Waals surface area contributed by atoms with Crippen LogP contribution in [0.2, 0.25) is 0 Å². The standard InChI is InChI=1S/C7H5Br2N/c1-2-5-3-4-6(8)10-7(5)9/h2-4H,1H2. The summed E-state index contributed by atoms with van der Waals surface area (Å²) in [4.78, 5) is 4.11. The van der Waals surface area contributed by atoms with Crippen LogP contribution < -0.4 is 0 Å². The van der Waals surface area contributed by atoms with Crippen LogP contribution in [0.5, 0.6) is 0 Å². The second-order valence-corrected chi connectivity index (χ2v) is 3.28. The fourth-order valence-corrected chi connectivity index (χ4v) is 1.61. The van der Waals surface area contributed by atoms with Gasteiger partial charge in [0.05, 0.1) is 0 Å². The summed E-state index contributed by atoms with van der Waals surface area (Å²) in [7, 11) is 0. The number of aromatic nitrogens is 1.